The van der Waals surface area contributed by atoms with E-state index in [0.717, 1.165) is 12.8 Å². The third kappa shape index (κ3) is 5.33. The Morgan fingerprint density at radius 1 is 1.30 bits per heavy atom. The normalized spacial score (nSPS) is 14.1. The van der Waals surface area contributed by atoms with E-state index in [1.165, 1.54) is 5.56 Å². The molecule has 1 unspecified atom stereocenters. The monoisotopic (exact) mass is 277 g/mol. The molecule has 0 aromatic heterocycles. The Bertz CT molecular complexity index is 403. The van der Waals surface area contributed by atoms with E-state index in [-0.39, 0.29) is 5.97 Å². The van der Waals surface area contributed by atoms with Crippen molar-refractivity contribution in [2.45, 2.75) is 52.6 Å². The van der Waals surface area contributed by atoms with Gasteiger partial charge in [0, 0.05) is 6.54 Å². The van der Waals surface area contributed by atoms with Gasteiger partial charge in [0.2, 0.25) is 0 Å². The summed E-state index contributed by atoms with van der Waals surface area (Å²) in [4.78, 5) is 12.2. The van der Waals surface area contributed by atoms with E-state index in [1.807, 2.05) is 32.0 Å². The van der Waals surface area contributed by atoms with Crippen LogP contribution in [-0.2, 0) is 16.1 Å². The maximum Gasteiger partial charge on any atom is 0.326 e. The maximum atomic E-state index is 12.2. The van der Waals surface area contributed by atoms with Crippen molar-refractivity contribution in [3.8, 4) is 0 Å². The van der Waals surface area contributed by atoms with Gasteiger partial charge in [-0.25, -0.2) is 0 Å². The third-order valence-electron chi connectivity index (χ3n) is 3.47. The molecule has 0 aliphatic rings. The fourth-order valence-corrected chi connectivity index (χ4v) is 2.02. The highest BCUT2D eigenvalue weighted by Gasteiger charge is 2.33. The SMILES string of the molecule is CCOC(=O)C(C)(CCC(C)C)NCc1ccccc1. The van der Waals surface area contributed by atoms with Crippen LogP contribution in [0.15, 0.2) is 30.3 Å². The van der Waals surface area contributed by atoms with Crippen molar-refractivity contribution in [2.75, 3.05) is 6.61 Å². The van der Waals surface area contributed by atoms with Crippen LogP contribution < -0.4 is 5.32 Å². The van der Waals surface area contributed by atoms with Crippen LogP contribution in [0, 0.1) is 5.92 Å². The minimum atomic E-state index is -0.615. The Balaban J connectivity index is 2.68. The Morgan fingerprint density at radius 3 is 2.50 bits per heavy atom. The van der Waals surface area contributed by atoms with Crippen molar-refractivity contribution in [1.29, 1.82) is 0 Å². The Labute approximate surface area is 122 Å². The number of hydrogen-bond donors (Lipinski definition) is 1. The highest BCUT2D eigenvalue weighted by Crippen LogP contribution is 2.19. The van der Waals surface area contributed by atoms with E-state index in [4.69, 9.17) is 4.74 Å². The minimum absolute atomic E-state index is 0.156. The van der Waals surface area contributed by atoms with Crippen LogP contribution in [-0.4, -0.2) is 18.1 Å². The summed E-state index contributed by atoms with van der Waals surface area (Å²) in [5, 5.41) is 3.38. The Morgan fingerprint density at radius 2 is 1.95 bits per heavy atom. The predicted molar refractivity (Wildman–Crippen MR) is 82.4 cm³/mol. The molecular formula is C17H27NO2. The van der Waals surface area contributed by atoms with Gasteiger partial charge in [-0.15, -0.1) is 0 Å². The first kappa shape index (κ1) is 16.7. The number of ether oxygens (including phenoxy) is 1. The van der Waals surface area contributed by atoms with Gasteiger partial charge in [0.05, 0.1) is 6.61 Å². The van der Waals surface area contributed by atoms with Crippen LogP contribution in [0.4, 0.5) is 0 Å². The van der Waals surface area contributed by atoms with Gasteiger partial charge < -0.3 is 4.74 Å². The summed E-state index contributed by atoms with van der Waals surface area (Å²) in [6.45, 7) is 9.22. The first-order valence-corrected chi connectivity index (χ1v) is 7.44. The zero-order valence-electron chi connectivity index (χ0n) is 13.1. The van der Waals surface area contributed by atoms with E-state index in [0.29, 0.717) is 19.1 Å². The molecule has 0 radical (unpaired) electrons. The average Bonchev–Trinajstić information content (AvgIpc) is 2.44. The second-order valence-corrected chi connectivity index (χ2v) is 5.82. The molecule has 20 heavy (non-hydrogen) atoms. The summed E-state index contributed by atoms with van der Waals surface area (Å²) in [6, 6.07) is 10.1. The zero-order valence-corrected chi connectivity index (χ0v) is 13.1. The first-order chi connectivity index (χ1) is 9.48. The lowest BCUT2D eigenvalue weighted by molar-refractivity contribution is -0.151. The van der Waals surface area contributed by atoms with Crippen molar-refractivity contribution in [1.82, 2.24) is 5.32 Å². The summed E-state index contributed by atoms with van der Waals surface area (Å²) in [5.74, 6) is 0.416. The third-order valence-corrected chi connectivity index (χ3v) is 3.47. The molecule has 0 saturated heterocycles. The molecule has 1 atom stereocenters. The van der Waals surface area contributed by atoms with E-state index in [2.05, 4.69) is 31.3 Å². The fraction of sp³-hybridized carbons (Fsp3) is 0.588. The summed E-state index contributed by atoms with van der Waals surface area (Å²) < 4.78 is 5.23. The van der Waals surface area contributed by atoms with Crippen LogP contribution in [0.5, 0.6) is 0 Å². The number of carbonyl (C=O) groups excluding carboxylic acids is 1. The molecule has 0 spiro atoms. The van der Waals surface area contributed by atoms with Gasteiger partial charge in [-0.05, 0) is 38.2 Å². The van der Waals surface area contributed by atoms with E-state index in [1.54, 1.807) is 0 Å². The molecule has 1 N–H and O–H groups in total. The van der Waals surface area contributed by atoms with Gasteiger partial charge in [0.25, 0.3) is 0 Å². The molecule has 1 aromatic carbocycles. The molecule has 0 aliphatic carbocycles. The molecule has 0 amide bonds. The molecule has 1 aromatic rings. The van der Waals surface area contributed by atoms with Gasteiger partial charge in [0.1, 0.15) is 5.54 Å². The number of esters is 1. The number of carbonyl (C=O) groups is 1. The van der Waals surface area contributed by atoms with Crippen LogP contribution in [0.2, 0.25) is 0 Å². The molecule has 112 valence electrons. The molecule has 0 heterocycles. The summed E-state index contributed by atoms with van der Waals surface area (Å²) in [7, 11) is 0. The molecule has 0 aliphatic heterocycles. The second kappa shape index (κ2) is 8.05. The van der Waals surface area contributed by atoms with Gasteiger partial charge in [-0.3, -0.25) is 10.1 Å². The lowest BCUT2D eigenvalue weighted by Crippen LogP contribution is -2.50. The quantitative estimate of drug-likeness (QED) is 0.739. The van der Waals surface area contributed by atoms with Gasteiger partial charge in [0.15, 0.2) is 0 Å². The fourth-order valence-electron chi connectivity index (χ4n) is 2.02. The van der Waals surface area contributed by atoms with Crippen LogP contribution >= 0.6 is 0 Å². The number of hydrogen-bond acceptors (Lipinski definition) is 3. The van der Waals surface area contributed by atoms with Crippen molar-refractivity contribution in [3.05, 3.63) is 35.9 Å². The number of rotatable bonds is 8. The highest BCUT2D eigenvalue weighted by atomic mass is 16.5. The summed E-state index contributed by atoms with van der Waals surface area (Å²) >= 11 is 0. The van der Waals surface area contributed by atoms with Crippen LogP contribution in [0.1, 0.15) is 46.1 Å². The van der Waals surface area contributed by atoms with Crippen LogP contribution in [0.3, 0.4) is 0 Å². The molecule has 0 bridgehead atoms. The molecular weight excluding hydrogens is 250 g/mol. The molecule has 3 heteroatoms. The van der Waals surface area contributed by atoms with Gasteiger partial charge in [-0.1, -0.05) is 44.2 Å². The average molecular weight is 277 g/mol. The Kier molecular flexibility index (Phi) is 6.73. The largest absolute Gasteiger partial charge is 0.465 e. The second-order valence-electron chi connectivity index (χ2n) is 5.82. The van der Waals surface area contributed by atoms with Crippen molar-refractivity contribution < 1.29 is 9.53 Å². The van der Waals surface area contributed by atoms with Gasteiger partial charge in [-0.2, -0.15) is 0 Å². The zero-order chi connectivity index (χ0) is 15.0. The topological polar surface area (TPSA) is 38.3 Å². The van der Waals surface area contributed by atoms with Crippen molar-refractivity contribution >= 4 is 5.97 Å². The molecule has 0 fully saturated rings. The van der Waals surface area contributed by atoms with Crippen molar-refractivity contribution in [3.63, 3.8) is 0 Å². The number of nitrogens with one attached hydrogen (secondary N) is 1. The number of benzene rings is 1. The lowest BCUT2D eigenvalue weighted by atomic mass is 9.91. The molecule has 1 rings (SSSR count). The maximum absolute atomic E-state index is 12.2. The summed E-state index contributed by atoms with van der Waals surface area (Å²) in [5.41, 5.74) is 0.559. The molecule has 3 nitrogen and oxygen atoms in total. The summed E-state index contributed by atoms with van der Waals surface area (Å²) in [6.07, 6.45) is 1.79. The standard InChI is InChI=1S/C17H27NO2/c1-5-20-16(19)17(4,12-11-14(2)3)18-13-15-9-7-6-8-10-15/h6-10,14,18H,5,11-13H2,1-4H3. The molecule has 0 saturated carbocycles. The van der Waals surface area contributed by atoms with Crippen molar-refractivity contribution in [2.24, 2.45) is 5.92 Å². The lowest BCUT2D eigenvalue weighted by Gasteiger charge is -2.29. The smallest absolute Gasteiger partial charge is 0.326 e. The first-order valence-electron chi connectivity index (χ1n) is 7.44. The van der Waals surface area contributed by atoms with E-state index >= 15 is 0 Å². The predicted octanol–water partition coefficient (Wildman–Crippen LogP) is 3.53. The van der Waals surface area contributed by atoms with Crippen LogP contribution in [0.25, 0.3) is 0 Å². The van der Waals surface area contributed by atoms with Gasteiger partial charge >= 0.3 is 5.97 Å². The minimum Gasteiger partial charge on any atom is -0.465 e. The van der Waals surface area contributed by atoms with E-state index in [9.17, 15) is 4.79 Å². The highest BCUT2D eigenvalue weighted by molar-refractivity contribution is 5.80. The Hall–Kier alpha value is -1.35. The van der Waals surface area contributed by atoms with E-state index < -0.39 is 5.54 Å².